The first-order chi connectivity index (χ1) is 15.9. The van der Waals surface area contributed by atoms with Gasteiger partial charge in [0.2, 0.25) is 0 Å². The summed E-state index contributed by atoms with van der Waals surface area (Å²) in [6, 6.07) is 9.42. The third kappa shape index (κ3) is 4.54. The van der Waals surface area contributed by atoms with E-state index in [1.807, 2.05) is 0 Å². The molecular weight excluding hydrogens is 434 g/mol. The van der Waals surface area contributed by atoms with Gasteiger partial charge in [-0.2, -0.15) is 8.78 Å². The van der Waals surface area contributed by atoms with Crippen molar-refractivity contribution in [2.75, 3.05) is 27.4 Å². The van der Waals surface area contributed by atoms with Crippen LogP contribution in [0.5, 0.6) is 11.5 Å². The van der Waals surface area contributed by atoms with E-state index in [2.05, 4.69) is 0 Å². The fourth-order valence-corrected chi connectivity index (χ4v) is 4.21. The number of fused-ring (bicyclic) bond motifs is 1. The van der Waals surface area contributed by atoms with E-state index in [0.29, 0.717) is 54.7 Å². The minimum absolute atomic E-state index is 0.00524. The topological polar surface area (TPSA) is 71.7 Å². The van der Waals surface area contributed by atoms with Gasteiger partial charge in [-0.25, -0.2) is 4.79 Å². The van der Waals surface area contributed by atoms with Gasteiger partial charge in [-0.3, -0.25) is 13.9 Å². The van der Waals surface area contributed by atoms with E-state index < -0.39 is 17.3 Å². The van der Waals surface area contributed by atoms with E-state index in [0.717, 1.165) is 4.57 Å². The molecule has 0 saturated carbocycles. The molecule has 1 aliphatic rings. The second-order valence-electron chi connectivity index (χ2n) is 7.79. The smallest absolute Gasteiger partial charge is 0.332 e. The highest BCUT2D eigenvalue weighted by Crippen LogP contribution is 2.28. The number of nitrogens with zero attached hydrogens (tertiary/aromatic N) is 2. The quantitative estimate of drug-likeness (QED) is 0.562. The van der Waals surface area contributed by atoms with E-state index in [9.17, 15) is 18.4 Å². The van der Waals surface area contributed by atoms with Crippen molar-refractivity contribution in [2.24, 2.45) is 0 Å². The highest BCUT2D eigenvalue weighted by Gasteiger charge is 2.23. The fraction of sp³-hybridized carbons (Fsp3) is 0.333. The van der Waals surface area contributed by atoms with Gasteiger partial charge in [0.1, 0.15) is 0 Å². The molecule has 0 aliphatic carbocycles. The van der Waals surface area contributed by atoms with Gasteiger partial charge in [-0.05, 0) is 48.2 Å². The molecule has 0 bridgehead atoms. The molecule has 7 nitrogen and oxygen atoms in total. The van der Waals surface area contributed by atoms with Gasteiger partial charge in [-0.15, -0.1) is 0 Å². The van der Waals surface area contributed by atoms with Crippen molar-refractivity contribution in [3.8, 4) is 11.5 Å². The van der Waals surface area contributed by atoms with Gasteiger partial charge in [0, 0.05) is 25.3 Å². The Balaban J connectivity index is 1.92. The van der Waals surface area contributed by atoms with Crippen LogP contribution in [0.15, 0.2) is 52.1 Å². The predicted molar refractivity (Wildman–Crippen MR) is 120 cm³/mol. The Morgan fingerprint density at radius 2 is 1.79 bits per heavy atom. The summed E-state index contributed by atoms with van der Waals surface area (Å²) in [5.41, 5.74) is 0.290. The first-order valence-corrected chi connectivity index (χ1v) is 10.5. The number of hydrogen-bond donors (Lipinski definition) is 0. The molecule has 0 amide bonds. The molecule has 0 N–H and O–H groups in total. The normalized spacial score (nSPS) is 14.3. The molecule has 3 aromatic rings. The van der Waals surface area contributed by atoms with E-state index >= 15 is 0 Å². The van der Waals surface area contributed by atoms with Crippen LogP contribution < -0.4 is 20.7 Å². The average Bonchev–Trinajstić information content (AvgIpc) is 2.82. The van der Waals surface area contributed by atoms with Crippen LogP contribution in [0.2, 0.25) is 0 Å². The van der Waals surface area contributed by atoms with Crippen molar-refractivity contribution in [3.05, 3.63) is 74.4 Å². The van der Waals surface area contributed by atoms with Crippen molar-refractivity contribution in [2.45, 2.75) is 25.4 Å². The summed E-state index contributed by atoms with van der Waals surface area (Å²) in [5.74, 6) is 0.996. The van der Waals surface area contributed by atoms with Gasteiger partial charge < -0.3 is 14.2 Å². The first kappa shape index (κ1) is 22.7. The number of rotatable bonds is 6. The maximum atomic E-state index is 13.5. The minimum Gasteiger partial charge on any atom is -0.493 e. The maximum Gasteiger partial charge on any atom is 0.332 e. The van der Waals surface area contributed by atoms with Gasteiger partial charge in [0.15, 0.2) is 11.5 Å². The molecule has 0 atom stereocenters. The monoisotopic (exact) mass is 458 g/mol. The number of aromatic nitrogens is 2. The van der Waals surface area contributed by atoms with E-state index in [1.165, 1.54) is 26.4 Å². The molecule has 2 aromatic carbocycles. The van der Waals surface area contributed by atoms with Crippen LogP contribution in [0.25, 0.3) is 17.0 Å². The zero-order valence-electron chi connectivity index (χ0n) is 18.3. The van der Waals surface area contributed by atoms with E-state index in [4.69, 9.17) is 14.2 Å². The van der Waals surface area contributed by atoms with Crippen LogP contribution in [0.1, 0.15) is 30.0 Å². The Bertz CT molecular complexity index is 1320. The molecule has 1 aromatic heterocycles. The Morgan fingerprint density at radius 1 is 1.06 bits per heavy atom. The zero-order valence-corrected chi connectivity index (χ0v) is 18.3. The number of hydrogen-bond acceptors (Lipinski definition) is 5. The minimum atomic E-state index is -1.86. The number of halogens is 2. The predicted octanol–water partition coefficient (Wildman–Crippen LogP) is 3.82. The lowest BCUT2D eigenvalue weighted by Crippen LogP contribution is -2.42. The SMILES string of the molecule is COc1ccc(Cn2c(=O)c3cc(C=C(F)F)ccc3n(C3CCOCC3)c2=O)cc1OC. The van der Waals surface area contributed by atoms with Gasteiger partial charge in [0.05, 0.1) is 31.7 Å². The molecule has 0 spiro atoms. The summed E-state index contributed by atoms with van der Waals surface area (Å²) in [4.78, 5) is 26.9. The molecule has 2 heterocycles. The molecular formula is C24H24F2N2O5. The largest absolute Gasteiger partial charge is 0.493 e. The molecule has 1 fully saturated rings. The third-order valence-electron chi connectivity index (χ3n) is 5.81. The van der Waals surface area contributed by atoms with Crippen molar-refractivity contribution < 1.29 is 23.0 Å². The molecule has 4 rings (SSSR count). The lowest BCUT2D eigenvalue weighted by molar-refractivity contribution is 0.0691. The third-order valence-corrected chi connectivity index (χ3v) is 5.81. The maximum absolute atomic E-state index is 13.5. The lowest BCUT2D eigenvalue weighted by Gasteiger charge is -2.26. The van der Waals surface area contributed by atoms with Crippen LogP contribution in [0.4, 0.5) is 8.78 Å². The molecule has 0 radical (unpaired) electrons. The van der Waals surface area contributed by atoms with Crippen LogP contribution >= 0.6 is 0 Å². The second-order valence-corrected chi connectivity index (χ2v) is 7.79. The van der Waals surface area contributed by atoms with E-state index in [-0.39, 0.29) is 23.5 Å². The summed E-state index contributed by atoms with van der Waals surface area (Å²) in [7, 11) is 3.02. The highest BCUT2D eigenvalue weighted by atomic mass is 19.3. The molecule has 0 unspecified atom stereocenters. The van der Waals surface area contributed by atoms with E-state index in [1.54, 1.807) is 28.8 Å². The molecule has 1 saturated heterocycles. The summed E-state index contributed by atoms with van der Waals surface area (Å²) in [6.07, 6.45) is 0.0635. The second kappa shape index (κ2) is 9.58. The van der Waals surface area contributed by atoms with Crippen molar-refractivity contribution >= 4 is 17.0 Å². The Morgan fingerprint density at radius 3 is 2.45 bits per heavy atom. The first-order valence-electron chi connectivity index (χ1n) is 10.5. The van der Waals surface area contributed by atoms with Crippen LogP contribution in [0, 0.1) is 0 Å². The zero-order chi connectivity index (χ0) is 23.5. The summed E-state index contributed by atoms with van der Waals surface area (Å²) in [5, 5.41) is 0.205. The van der Waals surface area contributed by atoms with Crippen molar-refractivity contribution in [3.63, 3.8) is 0 Å². The lowest BCUT2D eigenvalue weighted by atomic mass is 10.1. The van der Waals surface area contributed by atoms with Gasteiger partial charge >= 0.3 is 5.69 Å². The highest BCUT2D eigenvalue weighted by molar-refractivity contribution is 5.81. The molecule has 1 aliphatic heterocycles. The van der Waals surface area contributed by atoms with Gasteiger partial charge in [0.25, 0.3) is 11.6 Å². The fourth-order valence-electron chi connectivity index (χ4n) is 4.21. The number of methoxy groups -OCH3 is 2. The molecule has 33 heavy (non-hydrogen) atoms. The van der Waals surface area contributed by atoms with Crippen molar-refractivity contribution in [1.82, 2.24) is 9.13 Å². The number of benzene rings is 2. The van der Waals surface area contributed by atoms with Gasteiger partial charge in [-0.1, -0.05) is 12.1 Å². The Kier molecular flexibility index (Phi) is 6.60. The van der Waals surface area contributed by atoms with Crippen molar-refractivity contribution in [1.29, 1.82) is 0 Å². The standard InChI is InChI=1S/C24H24F2N2O5/c1-31-20-6-4-16(12-21(20)32-2)14-27-23(29)18-11-15(13-22(25)26)3-5-19(18)28(24(27)30)17-7-9-33-10-8-17/h3-6,11-13,17H,7-10,14H2,1-2H3. The van der Waals surface area contributed by atoms with Crippen LogP contribution in [0.3, 0.4) is 0 Å². The Hall–Kier alpha value is -3.46. The van der Waals surface area contributed by atoms with Crippen LogP contribution in [-0.4, -0.2) is 36.6 Å². The molecule has 9 heteroatoms. The summed E-state index contributed by atoms with van der Waals surface area (Å²) in [6.45, 7) is 0.997. The number of ether oxygens (including phenoxy) is 3. The molecule has 174 valence electrons. The van der Waals surface area contributed by atoms with Crippen LogP contribution in [-0.2, 0) is 11.3 Å². The average molecular weight is 458 g/mol. The Labute approximate surface area is 188 Å². The summed E-state index contributed by atoms with van der Waals surface area (Å²) >= 11 is 0. The summed E-state index contributed by atoms with van der Waals surface area (Å²) < 4.78 is 44.4.